The van der Waals surface area contributed by atoms with Gasteiger partial charge in [-0.25, -0.2) is 8.42 Å². The quantitative estimate of drug-likeness (QED) is 0.727. The molecule has 0 amide bonds. The van der Waals surface area contributed by atoms with Gasteiger partial charge >= 0.3 is 0 Å². The Kier molecular flexibility index (Phi) is 6.92. The van der Waals surface area contributed by atoms with Crippen LogP contribution < -0.4 is 5.73 Å². The lowest BCUT2D eigenvalue weighted by Crippen LogP contribution is -2.44. The lowest BCUT2D eigenvalue weighted by Gasteiger charge is -2.31. The van der Waals surface area contributed by atoms with Gasteiger partial charge in [-0.1, -0.05) is 25.7 Å². The van der Waals surface area contributed by atoms with Gasteiger partial charge in [0.05, 0.1) is 11.9 Å². The molecule has 2 aliphatic rings. The second kappa shape index (κ2) is 8.46. The molecule has 0 spiro atoms. The van der Waals surface area contributed by atoms with Crippen LogP contribution in [0.25, 0.3) is 0 Å². The monoisotopic (exact) mass is 318 g/mol. The van der Waals surface area contributed by atoms with Crippen molar-refractivity contribution in [3.63, 3.8) is 0 Å². The topological polar surface area (TPSA) is 72.6 Å². The molecular formula is C15H30N2O3S. The van der Waals surface area contributed by atoms with E-state index in [4.69, 9.17) is 10.5 Å². The zero-order chi connectivity index (χ0) is 15.1. The van der Waals surface area contributed by atoms with E-state index in [0.717, 1.165) is 44.9 Å². The zero-order valence-corrected chi connectivity index (χ0v) is 13.8. The second-order valence-corrected chi connectivity index (χ2v) is 8.28. The highest BCUT2D eigenvalue weighted by molar-refractivity contribution is 7.89. The van der Waals surface area contributed by atoms with Crippen LogP contribution in [0.1, 0.15) is 57.8 Å². The molecule has 1 saturated carbocycles. The summed E-state index contributed by atoms with van der Waals surface area (Å²) >= 11 is 0. The van der Waals surface area contributed by atoms with E-state index in [1.165, 1.54) is 12.8 Å². The first-order valence-electron chi connectivity index (χ1n) is 8.44. The Balaban J connectivity index is 2.04. The van der Waals surface area contributed by atoms with Crippen LogP contribution in [0.15, 0.2) is 0 Å². The van der Waals surface area contributed by atoms with Gasteiger partial charge in [-0.2, -0.15) is 4.31 Å². The molecule has 21 heavy (non-hydrogen) atoms. The molecule has 2 fully saturated rings. The summed E-state index contributed by atoms with van der Waals surface area (Å²) in [6.45, 7) is 1.81. The van der Waals surface area contributed by atoms with Crippen LogP contribution in [-0.4, -0.2) is 50.3 Å². The molecule has 1 aliphatic carbocycles. The summed E-state index contributed by atoms with van der Waals surface area (Å²) in [6, 6.07) is 0.172. The summed E-state index contributed by atoms with van der Waals surface area (Å²) in [7, 11) is -3.24. The fraction of sp³-hybridized carbons (Fsp3) is 1.00. The minimum atomic E-state index is -3.24. The molecule has 0 aromatic heterocycles. The first-order chi connectivity index (χ1) is 10.1. The van der Waals surface area contributed by atoms with Crippen LogP contribution in [0.3, 0.4) is 0 Å². The normalized spacial score (nSPS) is 25.3. The predicted molar refractivity (Wildman–Crippen MR) is 84.6 cm³/mol. The molecule has 2 N–H and O–H groups in total. The van der Waals surface area contributed by atoms with Gasteiger partial charge in [0.25, 0.3) is 0 Å². The van der Waals surface area contributed by atoms with Gasteiger partial charge < -0.3 is 10.5 Å². The highest BCUT2D eigenvalue weighted by Crippen LogP contribution is 2.26. The molecule has 0 radical (unpaired) electrons. The van der Waals surface area contributed by atoms with E-state index in [2.05, 4.69) is 0 Å². The summed E-state index contributed by atoms with van der Waals surface area (Å²) in [5, 5.41) is 0. The average Bonchev–Trinajstić information content (AvgIpc) is 2.79. The molecule has 1 saturated heterocycles. The Morgan fingerprint density at radius 3 is 2.33 bits per heavy atom. The third kappa shape index (κ3) is 5.20. The Labute approximate surface area is 129 Å². The molecule has 5 nitrogen and oxygen atoms in total. The van der Waals surface area contributed by atoms with Crippen molar-refractivity contribution < 1.29 is 13.2 Å². The number of hydrogen-bond donors (Lipinski definition) is 1. The van der Waals surface area contributed by atoms with Crippen molar-refractivity contribution in [2.45, 2.75) is 69.9 Å². The van der Waals surface area contributed by atoms with Crippen LogP contribution in [0.5, 0.6) is 0 Å². The molecule has 0 aromatic rings. The summed E-state index contributed by atoms with van der Waals surface area (Å²) in [5.74, 6) is 0.147. The minimum absolute atomic E-state index is 0.110. The van der Waals surface area contributed by atoms with Crippen LogP contribution in [0.2, 0.25) is 0 Å². The molecule has 0 aromatic carbocycles. The maximum Gasteiger partial charge on any atom is 0.216 e. The molecule has 0 bridgehead atoms. The number of sulfonamides is 1. The molecule has 6 heteroatoms. The number of nitrogens with zero attached hydrogens (tertiary/aromatic N) is 1. The summed E-state index contributed by atoms with van der Waals surface area (Å²) in [5.41, 5.74) is 5.60. The van der Waals surface area contributed by atoms with Gasteiger partial charge in [0.2, 0.25) is 10.0 Å². The predicted octanol–water partition coefficient (Wildman–Crippen LogP) is 1.87. The van der Waals surface area contributed by atoms with E-state index >= 15 is 0 Å². The molecule has 1 aliphatic heterocycles. The SMILES string of the molecule is NCCCN(C1CCCCCC1)S(=O)(=O)CC1CCCO1. The second-order valence-electron chi connectivity index (χ2n) is 6.31. The van der Waals surface area contributed by atoms with Crippen molar-refractivity contribution in [1.29, 1.82) is 0 Å². The fourth-order valence-corrected chi connectivity index (χ4v) is 5.44. The minimum Gasteiger partial charge on any atom is -0.377 e. The summed E-state index contributed by atoms with van der Waals surface area (Å²) in [6.07, 6.45) is 9.20. The molecule has 1 heterocycles. The van der Waals surface area contributed by atoms with Gasteiger partial charge in [0.15, 0.2) is 0 Å². The van der Waals surface area contributed by atoms with Crippen LogP contribution in [0, 0.1) is 0 Å². The maximum absolute atomic E-state index is 12.8. The van der Waals surface area contributed by atoms with E-state index in [1.807, 2.05) is 0 Å². The highest BCUT2D eigenvalue weighted by atomic mass is 32.2. The Hall–Kier alpha value is -0.170. The van der Waals surface area contributed by atoms with E-state index in [9.17, 15) is 8.42 Å². The fourth-order valence-electron chi connectivity index (χ4n) is 3.45. The van der Waals surface area contributed by atoms with Crippen LogP contribution >= 0.6 is 0 Å². The van der Waals surface area contributed by atoms with Crippen LogP contribution in [-0.2, 0) is 14.8 Å². The van der Waals surface area contributed by atoms with Crippen molar-refractivity contribution in [3.8, 4) is 0 Å². The smallest absolute Gasteiger partial charge is 0.216 e. The zero-order valence-electron chi connectivity index (χ0n) is 13.0. The van der Waals surface area contributed by atoms with Gasteiger partial charge in [0, 0.05) is 19.2 Å². The third-order valence-corrected chi connectivity index (χ3v) is 6.58. The number of hydrogen-bond acceptors (Lipinski definition) is 4. The van der Waals surface area contributed by atoms with Gasteiger partial charge in [0.1, 0.15) is 0 Å². The van der Waals surface area contributed by atoms with Crippen molar-refractivity contribution >= 4 is 10.0 Å². The Morgan fingerprint density at radius 1 is 1.05 bits per heavy atom. The molecule has 2 rings (SSSR count). The average molecular weight is 318 g/mol. The van der Waals surface area contributed by atoms with Gasteiger partial charge in [-0.05, 0) is 38.6 Å². The number of rotatable bonds is 7. The molecule has 124 valence electrons. The van der Waals surface area contributed by atoms with Crippen molar-refractivity contribution in [3.05, 3.63) is 0 Å². The van der Waals surface area contributed by atoms with Crippen molar-refractivity contribution in [1.82, 2.24) is 4.31 Å². The molecular weight excluding hydrogens is 288 g/mol. The number of ether oxygens (including phenoxy) is 1. The highest BCUT2D eigenvalue weighted by Gasteiger charge is 2.33. The summed E-state index contributed by atoms with van der Waals surface area (Å²) in [4.78, 5) is 0. The first kappa shape index (κ1) is 17.2. The Bertz CT molecular complexity index is 386. The van der Waals surface area contributed by atoms with Crippen LogP contribution in [0.4, 0.5) is 0 Å². The largest absolute Gasteiger partial charge is 0.377 e. The van der Waals surface area contributed by atoms with E-state index in [0.29, 0.717) is 19.7 Å². The van der Waals surface area contributed by atoms with Crippen molar-refractivity contribution in [2.75, 3.05) is 25.4 Å². The van der Waals surface area contributed by atoms with Crippen molar-refractivity contribution in [2.24, 2.45) is 5.73 Å². The lowest BCUT2D eigenvalue weighted by molar-refractivity contribution is 0.125. The van der Waals surface area contributed by atoms with E-state index in [-0.39, 0.29) is 17.9 Å². The number of nitrogens with two attached hydrogens (primary N) is 1. The third-order valence-electron chi connectivity index (χ3n) is 4.59. The Morgan fingerprint density at radius 2 is 1.76 bits per heavy atom. The van der Waals surface area contributed by atoms with E-state index in [1.54, 1.807) is 4.31 Å². The van der Waals surface area contributed by atoms with Gasteiger partial charge in [-0.3, -0.25) is 0 Å². The standard InChI is InChI=1S/C15H30N2O3S/c16-10-6-11-17(14-7-3-1-2-4-8-14)21(18,19)13-15-9-5-12-20-15/h14-15H,1-13,16H2. The van der Waals surface area contributed by atoms with Gasteiger partial charge in [-0.15, -0.1) is 0 Å². The maximum atomic E-state index is 12.8. The first-order valence-corrected chi connectivity index (χ1v) is 10.1. The molecule has 1 unspecified atom stereocenters. The summed E-state index contributed by atoms with van der Waals surface area (Å²) < 4.78 is 32.9. The molecule has 1 atom stereocenters. The lowest BCUT2D eigenvalue weighted by atomic mass is 10.1. The van der Waals surface area contributed by atoms with E-state index < -0.39 is 10.0 Å².